The van der Waals surface area contributed by atoms with Crippen molar-refractivity contribution in [1.82, 2.24) is 0 Å². The van der Waals surface area contributed by atoms with Crippen molar-refractivity contribution in [1.29, 1.82) is 0 Å². The molecule has 0 saturated heterocycles. The van der Waals surface area contributed by atoms with Crippen molar-refractivity contribution in [3.05, 3.63) is 215 Å². The highest BCUT2D eigenvalue weighted by atomic mass is 15.2. The predicted molar refractivity (Wildman–Crippen MR) is 350 cm³/mol. The molecular formula is C76H84BN3. The molecule has 0 N–H and O–H groups in total. The lowest BCUT2D eigenvalue weighted by Crippen LogP contribution is -2.61. The van der Waals surface area contributed by atoms with E-state index in [2.05, 4.69) is 321 Å². The molecule has 9 aromatic carbocycles. The van der Waals surface area contributed by atoms with E-state index in [9.17, 15) is 0 Å². The third-order valence-electron chi connectivity index (χ3n) is 17.2. The Morgan fingerprint density at radius 2 is 0.713 bits per heavy atom. The van der Waals surface area contributed by atoms with Gasteiger partial charge in [-0.25, -0.2) is 0 Å². The second-order valence-electron chi connectivity index (χ2n) is 29.3. The van der Waals surface area contributed by atoms with Crippen LogP contribution in [0.15, 0.2) is 182 Å². The summed E-state index contributed by atoms with van der Waals surface area (Å²) < 4.78 is 0. The van der Waals surface area contributed by atoms with E-state index in [-0.39, 0.29) is 39.2 Å². The molecule has 0 unspecified atom stereocenters. The maximum atomic E-state index is 2.61. The van der Waals surface area contributed by atoms with E-state index in [4.69, 9.17) is 0 Å². The lowest BCUT2D eigenvalue weighted by molar-refractivity contribution is 0.590. The number of nitrogens with zero attached hydrogens (tertiary/aromatic N) is 3. The molecule has 0 fully saturated rings. The lowest BCUT2D eigenvalue weighted by atomic mass is 9.33. The highest BCUT2D eigenvalue weighted by molar-refractivity contribution is 7.00. The first-order chi connectivity index (χ1) is 37.5. The molecule has 9 aromatic rings. The molecule has 11 rings (SSSR count). The molecule has 0 aliphatic carbocycles. The molecule has 2 aliphatic heterocycles. The van der Waals surface area contributed by atoms with Crippen molar-refractivity contribution in [3.63, 3.8) is 0 Å². The third-order valence-corrected chi connectivity index (χ3v) is 17.2. The second kappa shape index (κ2) is 19.2. The molecule has 0 spiro atoms. The fourth-order valence-corrected chi connectivity index (χ4v) is 12.2. The first kappa shape index (κ1) is 54.7. The summed E-state index contributed by atoms with van der Waals surface area (Å²) in [4.78, 5) is 7.81. The zero-order valence-electron chi connectivity index (χ0n) is 51.2. The van der Waals surface area contributed by atoms with Gasteiger partial charge in [0, 0.05) is 45.1 Å². The van der Waals surface area contributed by atoms with Gasteiger partial charge in [-0.3, -0.25) is 0 Å². The molecule has 0 amide bonds. The number of hydrogen-bond donors (Lipinski definition) is 0. The number of rotatable bonds is 6. The van der Waals surface area contributed by atoms with Crippen molar-refractivity contribution in [3.8, 4) is 11.1 Å². The molecule has 4 heteroatoms. The first-order valence-electron chi connectivity index (χ1n) is 29.3. The molecule has 0 radical (unpaired) electrons. The molecule has 80 heavy (non-hydrogen) atoms. The summed E-state index contributed by atoms with van der Waals surface area (Å²) in [6.07, 6.45) is 0. The molecule has 2 heterocycles. The topological polar surface area (TPSA) is 9.72 Å². The average molecular weight is 1050 g/mol. The zero-order valence-corrected chi connectivity index (χ0v) is 51.2. The second-order valence-corrected chi connectivity index (χ2v) is 29.3. The Balaban J connectivity index is 1.31. The number of hydrogen-bond acceptors (Lipinski definition) is 3. The van der Waals surface area contributed by atoms with E-state index in [1.54, 1.807) is 0 Å². The van der Waals surface area contributed by atoms with E-state index in [1.165, 1.54) is 94.4 Å². The van der Waals surface area contributed by atoms with Crippen molar-refractivity contribution >= 4 is 85.1 Å². The monoisotopic (exact) mass is 1050 g/mol. The van der Waals surface area contributed by atoms with Crippen molar-refractivity contribution in [2.24, 2.45) is 0 Å². The van der Waals surface area contributed by atoms with Gasteiger partial charge >= 0.3 is 0 Å². The maximum absolute atomic E-state index is 2.61. The predicted octanol–water partition coefficient (Wildman–Crippen LogP) is 19.8. The standard InChI is InChI=1S/C76H84BN3/c1-71(2,3)51-28-26-50(27-29-51)61-41-34-56(76(16,17)18)46-67(61)80(64-25-21-23-49-22-19-20-24-60(49)64)59-47-68-70-69(48-59)79(58-39-32-53(33-40-58)73(7,8)9)66-43-36-55(75(13,14)15)45-63(66)77(70)62-44-54(74(10,11)12)35-42-65(62)78(68)57-37-30-52(31-38-57)72(4,5)6/h19-48H,1-18H3. The third kappa shape index (κ3) is 9.86. The number of anilines is 9. The Morgan fingerprint density at radius 3 is 1.16 bits per heavy atom. The van der Waals surface area contributed by atoms with Crippen LogP contribution in [-0.4, -0.2) is 6.71 Å². The molecule has 0 saturated carbocycles. The van der Waals surface area contributed by atoms with Crippen LogP contribution in [0.3, 0.4) is 0 Å². The largest absolute Gasteiger partial charge is 0.311 e. The molecule has 2 aliphatic rings. The summed E-state index contributed by atoms with van der Waals surface area (Å²) in [6, 6.07) is 71.1. The molecule has 406 valence electrons. The van der Waals surface area contributed by atoms with Crippen LogP contribution in [0.1, 0.15) is 158 Å². The molecule has 3 nitrogen and oxygen atoms in total. The minimum absolute atomic E-state index is 0.00699. The molecular weight excluding hydrogens is 966 g/mol. The fraction of sp³-hybridized carbons (Fsp3) is 0.316. The van der Waals surface area contributed by atoms with Gasteiger partial charge < -0.3 is 14.7 Å². The highest BCUT2D eigenvalue weighted by Crippen LogP contribution is 2.52. The molecule has 0 aromatic heterocycles. The van der Waals surface area contributed by atoms with Gasteiger partial charge in [0.15, 0.2) is 0 Å². The van der Waals surface area contributed by atoms with E-state index < -0.39 is 0 Å². The van der Waals surface area contributed by atoms with Crippen LogP contribution in [0, 0.1) is 0 Å². The van der Waals surface area contributed by atoms with Crippen molar-refractivity contribution < 1.29 is 0 Å². The first-order valence-corrected chi connectivity index (χ1v) is 29.3. The van der Waals surface area contributed by atoms with Crippen LogP contribution in [0.4, 0.5) is 51.2 Å². The zero-order chi connectivity index (χ0) is 57.2. The van der Waals surface area contributed by atoms with Crippen LogP contribution in [0.25, 0.3) is 21.9 Å². The van der Waals surface area contributed by atoms with Gasteiger partial charge in [-0.2, -0.15) is 0 Å². The van der Waals surface area contributed by atoms with Crippen LogP contribution in [0.2, 0.25) is 0 Å². The summed E-state index contributed by atoms with van der Waals surface area (Å²) in [5, 5.41) is 2.39. The molecule has 0 bridgehead atoms. The highest BCUT2D eigenvalue weighted by Gasteiger charge is 2.45. The van der Waals surface area contributed by atoms with Gasteiger partial charge in [0.2, 0.25) is 0 Å². The van der Waals surface area contributed by atoms with E-state index in [1.807, 2.05) is 0 Å². The van der Waals surface area contributed by atoms with Gasteiger partial charge in [-0.05, 0) is 154 Å². The van der Waals surface area contributed by atoms with E-state index in [0.717, 1.165) is 28.4 Å². The normalized spacial score (nSPS) is 13.8. The van der Waals surface area contributed by atoms with Gasteiger partial charge in [0.25, 0.3) is 6.71 Å². The number of benzene rings is 9. The summed E-state index contributed by atoms with van der Waals surface area (Å²) in [5.41, 5.74) is 24.4. The molecule has 0 atom stereocenters. The van der Waals surface area contributed by atoms with Gasteiger partial charge in [-0.15, -0.1) is 0 Å². The Morgan fingerprint density at radius 1 is 0.325 bits per heavy atom. The Hall–Kier alpha value is -7.30. The Kier molecular flexibility index (Phi) is 13.1. The SMILES string of the molecule is CC(C)(C)c1ccc(-c2ccc(C(C)(C)C)cc2N(c2cc3c4c(c2)N(c2ccc(C(C)(C)C)cc2)c2ccc(C(C)(C)C)cc2B4c2cc(C(C)(C)C)ccc2N3c2ccc(C(C)(C)C)cc2)c2cccc3ccccc23)cc1. The Bertz CT molecular complexity index is 3670. The van der Waals surface area contributed by atoms with Gasteiger partial charge in [0.1, 0.15) is 0 Å². The van der Waals surface area contributed by atoms with E-state index >= 15 is 0 Å². The van der Waals surface area contributed by atoms with Crippen LogP contribution in [0.5, 0.6) is 0 Å². The smallest absolute Gasteiger partial charge is 0.252 e. The van der Waals surface area contributed by atoms with Crippen LogP contribution in [-0.2, 0) is 32.5 Å². The maximum Gasteiger partial charge on any atom is 0.252 e. The minimum atomic E-state index is -0.125. The fourth-order valence-electron chi connectivity index (χ4n) is 12.2. The van der Waals surface area contributed by atoms with E-state index in [0.29, 0.717) is 0 Å². The quantitative estimate of drug-likeness (QED) is 0.154. The van der Waals surface area contributed by atoms with Crippen LogP contribution < -0.4 is 31.1 Å². The van der Waals surface area contributed by atoms with Crippen molar-refractivity contribution in [2.45, 2.75) is 157 Å². The summed E-state index contributed by atoms with van der Waals surface area (Å²) in [6.45, 7) is 41.8. The number of fused-ring (bicyclic) bond motifs is 5. The average Bonchev–Trinajstić information content (AvgIpc) is 3.22. The lowest BCUT2D eigenvalue weighted by Gasteiger charge is -2.46. The summed E-state index contributed by atoms with van der Waals surface area (Å²) in [7, 11) is 0. The summed E-state index contributed by atoms with van der Waals surface area (Å²) in [5.74, 6) is 0. The summed E-state index contributed by atoms with van der Waals surface area (Å²) >= 11 is 0. The minimum Gasteiger partial charge on any atom is -0.311 e. The van der Waals surface area contributed by atoms with Gasteiger partial charge in [0.05, 0.1) is 17.1 Å². The van der Waals surface area contributed by atoms with Crippen LogP contribution >= 0.6 is 0 Å². The van der Waals surface area contributed by atoms with Crippen molar-refractivity contribution in [2.75, 3.05) is 14.7 Å². The Labute approximate surface area is 480 Å². The van der Waals surface area contributed by atoms with Gasteiger partial charge in [-0.1, -0.05) is 246 Å².